The topological polar surface area (TPSA) is 49.3 Å². The third-order valence-electron chi connectivity index (χ3n) is 1.54. The van der Waals surface area contributed by atoms with Crippen LogP contribution in [0.2, 0.25) is 0 Å². The molecule has 1 aromatic carbocycles. The van der Waals surface area contributed by atoms with Crippen LogP contribution in [0.4, 0.5) is 5.69 Å². The summed E-state index contributed by atoms with van der Waals surface area (Å²) in [5.74, 6) is -0.0926. The van der Waals surface area contributed by atoms with Gasteiger partial charge in [-0.05, 0) is 24.3 Å². The van der Waals surface area contributed by atoms with Crippen LogP contribution >= 0.6 is 0 Å². The lowest BCUT2D eigenvalue weighted by molar-refractivity contribution is -0.114. The predicted octanol–water partition coefficient (Wildman–Crippen LogP) is 2.17. The Bertz CT molecular complexity index is 327. The van der Waals surface area contributed by atoms with Crippen LogP contribution in [0.1, 0.15) is 12.5 Å². The molecule has 1 aromatic rings. The van der Waals surface area contributed by atoms with Crippen LogP contribution in [0.25, 0.3) is 5.76 Å². The summed E-state index contributed by atoms with van der Waals surface area (Å²) in [6.07, 6.45) is 0. The van der Waals surface area contributed by atoms with Crippen LogP contribution in [0.5, 0.6) is 0 Å². The van der Waals surface area contributed by atoms with E-state index in [0.717, 1.165) is 0 Å². The van der Waals surface area contributed by atoms with Gasteiger partial charge < -0.3 is 10.4 Å². The maximum absolute atomic E-state index is 10.7. The SMILES string of the molecule is C=C(O)c1ccc(NC(C)=O)cc1. The number of aliphatic hydroxyl groups is 1. The number of anilines is 1. The van der Waals surface area contributed by atoms with Crippen molar-refractivity contribution in [3.8, 4) is 0 Å². The van der Waals surface area contributed by atoms with Gasteiger partial charge in [0, 0.05) is 18.2 Å². The molecule has 0 heterocycles. The average molecular weight is 177 g/mol. The maximum atomic E-state index is 10.7. The lowest BCUT2D eigenvalue weighted by Crippen LogP contribution is -2.05. The third kappa shape index (κ3) is 2.63. The maximum Gasteiger partial charge on any atom is 0.221 e. The Morgan fingerprint density at radius 1 is 1.38 bits per heavy atom. The van der Waals surface area contributed by atoms with Gasteiger partial charge in [-0.25, -0.2) is 0 Å². The van der Waals surface area contributed by atoms with Crippen LogP contribution in [0.3, 0.4) is 0 Å². The number of nitrogens with one attached hydrogen (secondary N) is 1. The Hall–Kier alpha value is -1.77. The Kier molecular flexibility index (Phi) is 2.69. The Labute approximate surface area is 76.7 Å². The fraction of sp³-hybridized carbons (Fsp3) is 0.100. The van der Waals surface area contributed by atoms with Crippen molar-refractivity contribution in [1.29, 1.82) is 0 Å². The van der Waals surface area contributed by atoms with Crippen LogP contribution in [0, 0.1) is 0 Å². The number of carbonyl (C=O) groups is 1. The van der Waals surface area contributed by atoms with Gasteiger partial charge in [0.1, 0.15) is 5.76 Å². The third-order valence-corrected chi connectivity index (χ3v) is 1.54. The van der Waals surface area contributed by atoms with Crippen molar-refractivity contribution in [1.82, 2.24) is 0 Å². The van der Waals surface area contributed by atoms with Crippen molar-refractivity contribution in [2.24, 2.45) is 0 Å². The minimum absolute atomic E-state index is 0.0226. The molecule has 0 fully saturated rings. The highest BCUT2D eigenvalue weighted by Gasteiger charge is 1.97. The van der Waals surface area contributed by atoms with Gasteiger partial charge >= 0.3 is 0 Å². The van der Waals surface area contributed by atoms with E-state index in [4.69, 9.17) is 5.11 Å². The molecule has 0 aliphatic heterocycles. The molecule has 0 saturated heterocycles. The summed E-state index contributed by atoms with van der Waals surface area (Å²) in [5.41, 5.74) is 1.35. The van der Waals surface area contributed by atoms with E-state index in [1.165, 1.54) is 6.92 Å². The monoisotopic (exact) mass is 177 g/mol. The second-order valence-electron chi connectivity index (χ2n) is 2.71. The zero-order valence-corrected chi connectivity index (χ0v) is 7.37. The highest BCUT2D eigenvalue weighted by atomic mass is 16.3. The summed E-state index contributed by atoms with van der Waals surface area (Å²) in [5, 5.41) is 11.6. The van der Waals surface area contributed by atoms with E-state index in [2.05, 4.69) is 11.9 Å². The van der Waals surface area contributed by atoms with Crippen LogP contribution < -0.4 is 5.32 Å². The molecule has 1 rings (SSSR count). The zero-order valence-electron chi connectivity index (χ0n) is 7.37. The summed E-state index contributed by atoms with van der Waals surface area (Å²) < 4.78 is 0. The number of aliphatic hydroxyl groups excluding tert-OH is 1. The smallest absolute Gasteiger partial charge is 0.221 e. The Balaban J connectivity index is 2.81. The molecule has 68 valence electrons. The number of amides is 1. The molecule has 0 saturated carbocycles. The van der Waals surface area contributed by atoms with Crippen molar-refractivity contribution >= 4 is 17.4 Å². The molecule has 0 aromatic heterocycles. The summed E-state index contributed by atoms with van der Waals surface area (Å²) in [6.45, 7) is 4.83. The predicted molar refractivity (Wildman–Crippen MR) is 52.4 cm³/mol. The van der Waals surface area contributed by atoms with Gasteiger partial charge in [0.25, 0.3) is 0 Å². The molecule has 0 unspecified atom stereocenters. The average Bonchev–Trinajstić information content (AvgIpc) is 2.04. The summed E-state index contributed by atoms with van der Waals surface area (Å²) >= 11 is 0. The fourth-order valence-corrected chi connectivity index (χ4v) is 0.949. The molecular weight excluding hydrogens is 166 g/mol. The lowest BCUT2D eigenvalue weighted by Gasteiger charge is -2.02. The Morgan fingerprint density at radius 2 is 1.92 bits per heavy atom. The molecule has 0 aliphatic rings. The molecule has 0 radical (unpaired) electrons. The van der Waals surface area contributed by atoms with E-state index in [0.29, 0.717) is 11.3 Å². The molecular formula is C10H11NO2. The van der Waals surface area contributed by atoms with E-state index >= 15 is 0 Å². The number of benzene rings is 1. The highest BCUT2D eigenvalue weighted by Crippen LogP contribution is 2.13. The number of carbonyl (C=O) groups excluding carboxylic acids is 1. The van der Waals surface area contributed by atoms with Crippen LogP contribution in [-0.4, -0.2) is 11.0 Å². The van der Waals surface area contributed by atoms with Gasteiger partial charge in [-0.3, -0.25) is 4.79 Å². The molecule has 1 amide bonds. The van der Waals surface area contributed by atoms with Crippen molar-refractivity contribution in [3.63, 3.8) is 0 Å². The van der Waals surface area contributed by atoms with Gasteiger partial charge in [-0.2, -0.15) is 0 Å². The standard InChI is InChI=1S/C10H11NO2/c1-7(12)9-3-5-10(6-4-9)11-8(2)13/h3-6,12H,1H2,2H3,(H,11,13). The first kappa shape index (κ1) is 9.32. The highest BCUT2D eigenvalue weighted by molar-refractivity contribution is 5.88. The van der Waals surface area contributed by atoms with Crippen LogP contribution in [-0.2, 0) is 4.79 Å². The van der Waals surface area contributed by atoms with Gasteiger partial charge in [0.2, 0.25) is 5.91 Å². The van der Waals surface area contributed by atoms with Crippen LogP contribution in [0.15, 0.2) is 30.8 Å². The molecule has 0 aliphatic carbocycles. The minimum atomic E-state index is -0.115. The number of hydrogen-bond donors (Lipinski definition) is 2. The van der Waals surface area contributed by atoms with Gasteiger partial charge in [-0.15, -0.1) is 0 Å². The van der Waals surface area contributed by atoms with E-state index in [9.17, 15) is 4.79 Å². The summed E-state index contributed by atoms with van der Waals surface area (Å²) in [4.78, 5) is 10.7. The van der Waals surface area contributed by atoms with Crippen molar-refractivity contribution in [2.75, 3.05) is 5.32 Å². The summed E-state index contributed by atoms with van der Waals surface area (Å²) in [6, 6.07) is 6.79. The quantitative estimate of drug-likeness (QED) is 0.680. The molecule has 0 atom stereocenters. The van der Waals surface area contributed by atoms with Crippen molar-refractivity contribution in [3.05, 3.63) is 36.4 Å². The molecule has 0 bridgehead atoms. The van der Waals surface area contributed by atoms with Gasteiger partial charge in [0.05, 0.1) is 0 Å². The normalized spacial score (nSPS) is 9.31. The first-order valence-electron chi connectivity index (χ1n) is 3.85. The van der Waals surface area contributed by atoms with Crippen molar-refractivity contribution in [2.45, 2.75) is 6.92 Å². The minimum Gasteiger partial charge on any atom is -0.508 e. The molecule has 2 N–H and O–H groups in total. The van der Waals surface area contributed by atoms with Crippen molar-refractivity contribution < 1.29 is 9.90 Å². The number of hydrogen-bond acceptors (Lipinski definition) is 2. The fourth-order valence-electron chi connectivity index (χ4n) is 0.949. The number of rotatable bonds is 2. The molecule has 13 heavy (non-hydrogen) atoms. The zero-order chi connectivity index (χ0) is 9.84. The first-order valence-corrected chi connectivity index (χ1v) is 3.85. The summed E-state index contributed by atoms with van der Waals surface area (Å²) in [7, 11) is 0. The van der Waals surface area contributed by atoms with E-state index in [1.807, 2.05) is 0 Å². The first-order chi connectivity index (χ1) is 6.09. The molecule has 3 heteroatoms. The lowest BCUT2D eigenvalue weighted by atomic mass is 10.2. The van der Waals surface area contributed by atoms with E-state index in [-0.39, 0.29) is 11.7 Å². The largest absolute Gasteiger partial charge is 0.508 e. The molecule has 0 spiro atoms. The second kappa shape index (κ2) is 3.76. The van der Waals surface area contributed by atoms with E-state index < -0.39 is 0 Å². The molecule has 3 nitrogen and oxygen atoms in total. The van der Waals surface area contributed by atoms with E-state index in [1.54, 1.807) is 24.3 Å². The second-order valence-corrected chi connectivity index (χ2v) is 2.71. The van der Waals surface area contributed by atoms with Gasteiger partial charge in [0.15, 0.2) is 0 Å². The Morgan fingerprint density at radius 3 is 2.31 bits per heavy atom. The van der Waals surface area contributed by atoms with Gasteiger partial charge in [-0.1, -0.05) is 6.58 Å².